The van der Waals surface area contributed by atoms with Crippen LogP contribution in [0.1, 0.15) is 37.1 Å². The molecule has 1 heterocycles. The van der Waals surface area contributed by atoms with Crippen LogP contribution in [0, 0.1) is 0 Å². The molecule has 0 unspecified atom stereocenters. The van der Waals surface area contributed by atoms with Gasteiger partial charge in [0.1, 0.15) is 0 Å². The van der Waals surface area contributed by atoms with E-state index in [9.17, 15) is 9.59 Å². The van der Waals surface area contributed by atoms with Gasteiger partial charge in [0, 0.05) is 0 Å². The van der Waals surface area contributed by atoms with Gasteiger partial charge in [0.05, 0.1) is 25.3 Å². The lowest BCUT2D eigenvalue weighted by atomic mass is 9.95. The zero-order valence-corrected chi connectivity index (χ0v) is 15.5. The van der Waals surface area contributed by atoms with Gasteiger partial charge < -0.3 is 9.47 Å². The zero-order chi connectivity index (χ0) is 19.3. The summed E-state index contributed by atoms with van der Waals surface area (Å²) < 4.78 is 10.4. The first-order valence-electron chi connectivity index (χ1n) is 9.12. The van der Waals surface area contributed by atoms with E-state index in [0.29, 0.717) is 0 Å². The van der Waals surface area contributed by atoms with Gasteiger partial charge in [-0.3, -0.25) is 10.6 Å². The smallest absolute Gasteiger partial charge is 0.353 e. The van der Waals surface area contributed by atoms with Crippen LogP contribution in [-0.2, 0) is 19.1 Å². The Morgan fingerprint density at radius 2 is 1.15 bits per heavy atom. The van der Waals surface area contributed by atoms with Crippen LogP contribution in [0.4, 0.5) is 0 Å². The third kappa shape index (κ3) is 3.72. The number of esters is 2. The largest absolute Gasteiger partial charge is 0.463 e. The van der Waals surface area contributed by atoms with Crippen LogP contribution in [0.2, 0.25) is 0 Å². The minimum atomic E-state index is -1.76. The molecule has 2 aromatic rings. The van der Waals surface area contributed by atoms with E-state index in [4.69, 9.17) is 9.47 Å². The molecule has 0 bridgehead atoms. The molecule has 1 aliphatic heterocycles. The van der Waals surface area contributed by atoms with Crippen molar-refractivity contribution in [3.63, 3.8) is 0 Å². The molecule has 2 aromatic carbocycles. The second-order valence-corrected chi connectivity index (χ2v) is 6.26. The van der Waals surface area contributed by atoms with Crippen LogP contribution in [0.25, 0.3) is 0 Å². The summed E-state index contributed by atoms with van der Waals surface area (Å²) >= 11 is 0. The fraction of sp³-hybridized carbons (Fsp3) is 0.333. The standard InChI is InChI=1S/C21H24N2O4/c1-3-26-19(24)21(20(25)27-4-2)22-17(15-11-7-5-8-12-15)18(23-21)16-13-9-6-10-14-16/h5-14,17-18,22-23H,3-4H2,1-2H3/t17-,18-/m1/s1. The number of benzene rings is 2. The zero-order valence-electron chi connectivity index (χ0n) is 15.5. The van der Waals surface area contributed by atoms with Gasteiger partial charge in [-0.2, -0.15) is 0 Å². The molecule has 6 heteroatoms. The molecule has 3 rings (SSSR count). The fourth-order valence-corrected chi connectivity index (χ4v) is 3.34. The Kier molecular flexibility index (Phi) is 5.88. The first-order valence-corrected chi connectivity index (χ1v) is 9.12. The third-order valence-corrected chi connectivity index (χ3v) is 4.56. The van der Waals surface area contributed by atoms with Gasteiger partial charge in [0.2, 0.25) is 0 Å². The molecule has 0 saturated carbocycles. The highest BCUT2D eigenvalue weighted by Crippen LogP contribution is 2.37. The number of hydrogen-bond donors (Lipinski definition) is 2. The maximum Gasteiger partial charge on any atom is 0.353 e. The van der Waals surface area contributed by atoms with E-state index in [1.165, 1.54) is 0 Å². The van der Waals surface area contributed by atoms with Gasteiger partial charge in [-0.05, 0) is 25.0 Å². The molecule has 1 saturated heterocycles. The lowest BCUT2D eigenvalue weighted by molar-refractivity contribution is -0.167. The molecule has 6 nitrogen and oxygen atoms in total. The number of carbonyl (C=O) groups excluding carboxylic acids is 2. The summed E-state index contributed by atoms with van der Waals surface area (Å²) in [4.78, 5) is 25.6. The number of nitrogens with one attached hydrogen (secondary N) is 2. The highest BCUT2D eigenvalue weighted by molar-refractivity contribution is 6.05. The minimum Gasteiger partial charge on any atom is -0.463 e. The van der Waals surface area contributed by atoms with E-state index >= 15 is 0 Å². The molecule has 1 aliphatic rings. The first kappa shape index (κ1) is 19.1. The molecule has 0 amide bonds. The lowest BCUT2D eigenvalue weighted by Gasteiger charge is -2.25. The van der Waals surface area contributed by atoms with Gasteiger partial charge in [-0.15, -0.1) is 0 Å². The SMILES string of the molecule is CCOC(=O)C1(C(=O)OCC)N[C@H](c2ccccc2)[C@@H](c2ccccc2)N1. The normalized spacial score (nSPS) is 20.8. The third-order valence-electron chi connectivity index (χ3n) is 4.56. The monoisotopic (exact) mass is 368 g/mol. The molecule has 0 spiro atoms. The molecule has 0 radical (unpaired) electrons. The van der Waals surface area contributed by atoms with Gasteiger partial charge >= 0.3 is 11.9 Å². The summed E-state index contributed by atoms with van der Waals surface area (Å²) in [5.41, 5.74) is 0.149. The van der Waals surface area contributed by atoms with Crippen molar-refractivity contribution < 1.29 is 19.1 Å². The minimum absolute atomic E-state index is 0.162. The van der Waals surface area contributed by atoms with Crippen molar-refractivity contribution in [2.24, 2.45) is 0 Å². The average Bonchev–Trinajstić information content (AvgIpc) is 3.12. The average molecular weight is 368 g/mol. The Labute approximate surface area is 158 Å². The summed E-state index contributed by atoms with van der Waals surface area (Å²) in [6.07, 6.45) is 0. The maximum atomic E-state index is 12.8. The van der Waals surface area contributed by atoms with E-state index in [0.717, 1.165) is 11.1 Å². The Bertz CT molecular complexity index is 712. The predicted molar refractivity (Wildman–Crippen MR) is 101 cm³/mol. The van der Waals surface area contributed by atoms with Crippen molar-refractivity contribution in [3.05, 3.63) is 71.8 Å². The van der Waals surface area contributed by atoms with Crippen molar-refractivity contribution >= 4 is 11.9 Å². The molecule has 2 N–H and O–H groups in total. The topological polar surface area (TPSA) is 76.7 Å². The number of ether oxygens (including phenoxy) is 2. The molecule has 1 fully saturated rings. The first-order chi connectivity index (χ1) is 13.1. The summed E-state index contributed by atoms with van der Waals surface area (Å²) in [5.74, 6) is -1.38. The highest BCUT2D eigenvalue weighted by atomic mass is 16.6. The van der Waals surface area contributed by atoms with Crippen molar-refractivity contribution in [2.75, 3.05) is 13.2 Å². The van der Waals surface area contributed by atoms with E-state index in [1.807, 2.05) is 60.7 Å². The maximum absolute atomic E-state index is 12.8. The fourth-order valence-electron chi connectivity index (χ4n) is 3.34. The van der Waals surface area contributed by atoms with Crippen molar-refractivity contribution in [1.82, 2.24) is 10.6 Å². The number of hydrogen-bond acceptors (Lipinski definition) is 6. The molecule has 0 aliphatic carbocycles. The second-order valence-electron chi connectivity index (χ2n) is 6.26. The van der Waals surface area contributed by atoms with E-state index < -0.39 is 17.6 Å². The van der Waals surface area contributed by atoms with Crippen LogP contribution >= 0.6 is 0 Å². The van der Waals surface area contributed by atoms with Gasteiger partial charge in [-0.1, -0.05) is 60.7 Å². The van der Waals surface area contributed by atoms with E-state index in [-0.39, 0.29) is 25.3 Å². The van der Waals surface area contributed by atoms with Crippen molar-refractivity contribution in [3.8, 4) is 0 Å². The summed E-state index contributed by atoms with van der Waals surface area (Å²) in [7, 11) is 0. The Morgan fingerprint density at radius 1 is 0.778 bits per heavy atom. The Hall–Kier alpha value is -2.70. The summed E-state index contributed by atoms with van der Waals surface area (Å²) in [6, 6.07) is 18.8. The van der Waals surface area contributed by atoms with Gasteiger partial charge in [0.25, 0.3) is 5.66 Å². The second kappa shape index (κ2) is 8.33. The van der Waals surface area contributed by atoms with E-state index in [2.05, 4.69) is 10.6 Å². The van der Waals surface area contributed by atoms with Gasteiger partial charge in [-0.25, -0.2) is 9.59 Å². The van der Waals surface area contributed by atoms with Gasteiger partial charge in [0.15, 0.2) is 0 Å². The van der Waals surface area contributed by atoms with Crippen LogP contribution < -0.4 is 10.6 Å². The van der Waals surface area contributed by atoms with Crippen molar-refractivity contribution in [2.45, 2.75) is 31.6 Å². The van der Waals surface area contributed by atoms with Crippen LogP contribution in [-0.4, -0.2) is 30.8 Å². The molecule has 2 atom stereocenters. The highest BCUT2D eigenvalue weighted by Gasteiger charge is 2.58. The lowest BCUT2D eigenvalue weighted by Crippen LogP contribution is -2.63. The Balaban J connectivity index is 2.06. The van der Waals surface area contributed by atoms with Crippen molar-refractivity contribution in [1.29, 1.82) is 0 Å². The number of rotatable bonds is 6. The number of carbonyl (C=O) groups is 2. The molecule has 27 heavy (non-hydrogen) atoms. The predicted octanol–water partition coefficient (Wildman–Crippen LogP) is 2.48. The van der Waals surface area contributed by atoms with Crippen LogP contribution in [0.5, 0.6) is 0 Å². The molecular formula is C21H24N2O4. The summed E-state index contributed by atoms with van der Waals surface area (Å²) in [5, 5.41) is 6.36. The van der Waals surface area contributed by atoms with Crippen LogP contribution in [0.15, 0.2) is 60.7 Å². The quantitative estimate of drug-likeness (QED) is 0.603. The van der Waals surface area contributed by atoms with E-state index in [1.54, 1.807) is 13.8 Å². The Morgan fingerprint density at radius 3 is 1.48 bits per heavy atom. The van der Waals surface area contributed by atoms with Crippen LogP contribution in [0.3, 0.4) is 0 Å². The molecular weight excluding hydrogens is 344 g/mol. The summed E-state index contributed by atoms with van der Waals surface area (Å²) in [6.45, 7) is 3.73. The molecule has 142 valence electrons. The molecule has 0 aromatic heterocycles.